The van der Waals surface area contributed by atoms with Crippen molar-refractivity contribution in [3.05, 3.63) is 86.3 Å². The van der Waals surface area contributed by atoms with Gasteiger partial charge < -0.3 is 19.6 Å². The number of nitrogens with two attached hydrogens (primary N) is 1. The van der Waals surface area contributed by atoms with Crippen LogP contribution in [-0.2, 0) is 9.53 Å². The zero-order valence-corrected chi connectivity index (χ0v) is 16.0. The minimum absolute atomic E-state index is 0.0185. The summed E-state index contributed by atoms with van der Waals surface area (Å²) in [6.45, 7) is 1.66. The van der Waals surface area contributed by atoms with Gasteiger partial charge in [0.15, 0.2) is 5.75 Å². The Morgan fingerprint density at radius 2 is 1.97 bits per heavy atom. The van der Waals surface area contributed by atoms with Crippen LogP contribution in [-0.4, -0.2) is 12.6 Å². The van der Waals surface area contributed by atoms with Crippen molar-refractivity contribution in [1.82, 2.24) is 0 Å². The number of carbonyl (C=O) groups excluding carboxylic acids is 1. The normalized spacial score (nSPS) is 15.8. The first-order chi connectivity index (χ1) is 13.9. The summed E-state index contributed by atoms with van der Waals surface area (Å²) in [5.41, 5.74) is 5.14. The second-order valence-electron chi connectivity index (χ2n) is 6.30. The summed E-state index contributed by atoms with van der Waals surface area (Å²) in [4.78, 5) is 25.6. The maximum Gasteiger partial charge on any atom is 0.344 e. The first-order valence-corrected chi connectivity index (χ1v) is 9.16. The lowest BCUT2D eigenvalue weighted by Crippen LogP contribution is -2.31. The molecule has 3 aromatic rings. The van der Waals surface area contributed by atoms with Crippen LogP contribution in [0.25, 0.3) is 11.0 Å². The Kier molecular flexibility index (Phi) is 4.76. The van der Waals surface area contributed by atoms with E-state index in [1.807, 2.05) is 0 Å². The Labute approximate surface area is 169 Å². The predicted octanol–water partition coefficient (Wildman–Crippen LogP) is 3.84. The number of carbonyl (C=O) groups is 1. The van der Waals surface area contributed by atoms with Gasteiger partial charge in [-0.15, -0.1) is 0 Å². The van der Waals surface area contributed by atoms with Crippen LogP contribution in [0.1, 0.15) is 24.0 Å². The minimum Gasteiger partial charge on any atom is -0.462 e. The molecule has 6 nitrogen and oxygen atoms in total. The van der Waals surface area contributed by atoms with Gasteiger partial charge in [-0.1, -0.05) is 29.8 Å². The van der Waals surface area contributed by atoms with Gasteiger partial charge in [0, 0.05) is 10.6 Å². The van der Waals surface area contributed by atoms with Crippen LogP contribution in [0.5, 0.6) is 5.75 Å². The summed E-state index contributed by atoms with van der Waals surface area (Å²) in [6, 6.07) is 10.7. The van der Waals surface area contributed by atoms with E-state index in [-0.39, 0.29) is 45.5 Å². The molecule has 0 bridgehead atoms. The first-order valence-electron chi connectivity index (χ1n) is 8.78. The molecule has 0 aliphatic carbocycles. The van der Waals surface area contributed by atoms with Gasteiger partial charge in [0.1, 0.15) is 17.0 Å². The molecule has 148 valence electrons. The van der Waals surface area contributed by atoms with E-state index in [2.05, 4.69) is 0 Å². The Morgan fingerprint density at radius 1 is 1.21 bits per heavy atom. The second-order valence-corrected chi connectivity index (χ2v) is 6.70. The number of ether oxygens (including phenoxy) is 2. The van der Waals surface area contributed by atoms with Crippen molar-refractivity contribution in [3.8, 4) is 5.75 Å². The average molecular weight is 416 g/mol. The van der Waals surface area contributed by atoms with E-state index < -0.39 is 23.3 Å². The molecule has 1 atom stereocenters. The molecule has 1 aliphatic rings. The topological polar surface area (TPSA) is 91.8 Å². The maximum atomic E-state index is 14.9. The lowest BCUT2D eigenvalue weighted by Gasteiger charge is -2.28. The summed E-state index contributed by atoms with van der Waals surface area (Å²) in [5, 5.41) is 0.468. The zero-order valence-electron chi connectivity index (χ0n) is 15.2. The lowest BCUT2D eigenvalue weighted by molar-refractivity contribution is -0.139. The molecule has 0 radical (unpaired) electrons. The maximum absolute atomic E-state index is 14.9. The van der Waals surface area contributed by atoms with E-state index in [1.165, 1.54) is 18.2 Å². The lowest BCUT2D eigenvalue weighted by atomic mass is 9.83. The number of benzene rings is 2. The van der Waals surface area contributed by atoms with Crippen LogP contribution in [0, 0.1) is 5.82 Å². The number of rotatable bonds is 3. The van der Waals surface area contributed by atoms with Crippen molar-refractivity contribution >= 4 is 28.5 Å². The van der Waals surface area contributed by atoms with Gasteiger partial charge in [0.25, 0.3) is 0 Å². The third-order valence-corrected chi connectivity index (χ3v) is 4.97. The van der Waals surface area contributed by atoms with Crippen LogP contribution in [0.4, 0.5) is 4.39 Å². The summed E-state index contributed by atoms with van der Waals surface area (Å²) >= 11 is 6.27. The Balaban J connectivity index is 2.10. The smallest absolute Gasteiger partial charge is 0.344 e. The molecular formula is C21H15ClFNO5. The van der Waals surface area contributed by atoms with Crippen molar-refractivity contribution in [2.75, 3.05) is 6.61 Å². The van der Waals surface area contributed by atoms with Gasteiger partial charge in [-0.05, 0) is 31.2 Å². The molecule has 2 heterocycles. The van der Waals surface area contributed by atoms with Crippen molar-refractivity contribution in [1.29, 1.82) is 0 Å². The molecule has 2 aromatic carbocycles. The fourth-order valence-corrected chi connectivity index (χ4v) is 3.72. The molecule has 0 fully saturated rings. The average Bonchev–Trinajstić information content (AvgIpc) is 2.67. The highest BCUT2D eigenvalue weighted by molar-refractivity contribution is 6.31. The van der Waals surface area contributed by atoms with E-state index >= 15 is 0 Å². The zero-order chi connectivity index (χ0) is 20.7. The van der Waals surface area contributed by atoms with Gasteiger partial charge >= 0.3 is 11.6 Å². The Morgan fingerprint density at radius 3 is 2.69 bits per heavy atom. The number of fused-ring (bicyclic) bond motifs is 3. The van der Waals surface area contributed by atoms with E-state index in [0.29, 0.717) is 5.39 Å². The summed E-state index contributed by atoms with van der Waals surface area (Å²) < 4.78 is 31.0. The molecule has 0 spiro atoms. The van der Waals surface area contributed by atoms with E-state index in [0.717, 1.165) is 0 Å². The molecular weight excluding hydrogens is 401 g/mol. The number of esters is 1. The van der Waals surface area contributed by atoms with Crippen molar-refractivity contribution in [2.24, 2.45) is 5.73 Å². The molecule has 1 aliphatic heterocycles. The number of hydrogen-bond donors (Lipinski definition) is 1. The third-order valence-electron chi connectivity index (χ3n) is 4.64. The number of halogens is 2. The highest BCUT2D eigenvalue weighted by atomic mass is 35.5. The Hall–Kier alpha value is -3.32. The molecule has 0 unspecified atom stereocenters. The summed E-state index contributed by atoms with van der Waals surface area (Å²) in [5.74, 6) is -3.01. The number of hydrogen-bond acceptors (Lipinski definition) is 6. The largest absolute Gasteiger partial charge is 0.462 e. The van der Waals surface area contributed by atoms with Gasteiger partial charge in [-0.3, -0.25) is 0 Å². The standard InChI is InChI=1S/C21H15ClFNO5/c1-2-27-20(25)17-15(14-11(22)7-5-8-12(14)23)16-18(29-19(17)24)10-6-3-4-9-13(10)28-21(16)26/h3-9,15H,2,24H2,1H3/t15-/m0/s1. The van der Waals surface area contributed by atoms with Gasteiger partial charge in [-0.2, -0.15) is 0 Å². The van der Waals surface area contributed by atoms with Crippen molar-refractivity contribution in [3.63, 3.8) is 0 Å². The highest BCUT2D eigenvalue weighted by Gasteiger charge is 2.41. The van der Waals surface area contributed by atoms with Crippen LogP contribution < -0.4 is 16.1 Å². The van der Waals surface area contributed by atoms with Gasteiger partial charge in [0.05, 0.1) is 23.5 Å². The second kappa shape index (κ2) is 7.25. The van der Waals surface area contributed by atoms with Crippen molar-refractivity contribution in [2.45, 2.75) is 12.8 Å². The van der Waals surface area contributed by atoms with E-state index in [1.54, 1.807) is 31.2 Å². The monoisotopic (exact) mass is 415 g/mol. The fourth-order valence-electron chi connectivity index (χ4n) is 3.45. The van der Waals surface area contributed by atoms with Crippen LogP contribution in [0.2, 0.25) is 5.02 Å². The molecule has 1 aromatic heterocycles. The van der Waals surface area contributed by atoms with Crippen LogP contribution in [0.15, 0.2) is 63.1 Å². The predicted molar refractivity (Wildman–Crippen MR) is 104 cm³/mol. The van der Waals surface area contributed by atoms with E-state index in [9.17, 15) is 14.0 Å². The SMILES string of the molecule is CCOC(=O)C1=C(N)Oc2c(c(=O)oc3ccccc23)[C@@H]1c1c(F)cccc1Cl. The summed E-state index contributed by atoms with van der Waals surface area (Å²) in [6.07, 6.45) is 0. The molecule has 0 saturated carbocycles. The first kappa shape index (κ1) is 19.0. The Bertz CT molecular complexity index is 1210. The van der Waals surface area contributed by atoms with Crippen molar-refractivity contribution < 1.29 is 23.1 Å². The van der Waals surface area contributed by atoms with Crippen LogP contribution >= 0.6 is 11.6 Å². The molecule has 4 rings (SSSR count). The van der Waals surface area contributed by atoms with Gasteiger partial charge in [-0.25, -0.2) is 14.0 Å². The van der Waals surface area contributed by atoms with Gasteiger partial charge in [0.2, 0.25) is 5.88 Å². The third kappa shape index (κ3) is 3.03. The fraction of sp³-hybridized carbons (Fsp3) is 0.143. The molecule has 0 saturated heterocycles. The summed E-state index contributed by atoms with van der Waals surface area (Å²) in [7, 11) is 0. The van der Waals surface area contributed by atoms with Crippen LogP contribution in [0.3, 0.4) is 0 Å². The molecule has 29 heavy (non-hydrogen) atoms. The minimum atomic E-state index is -1.26. The highest BCUT2D eigenvalue weighted by Crippen LogP contribution is 2.46. The van der Waals surface area contributed by atoms with E-state index in [4.69, 9.17) is 31.2 Å². The quantitative estimate of drug-likeness (QED) is 0.516. The molecule has 0 amide bonds. The number of para-hydroxylation sites is 1. The molecule has 8 heteroatoms. The molecule has 2 N–H and O–H groups in total.